The number of benzene rings is 2. The van der Waals surface area contributed by atoms with Crippen molar-refractivity contribution in [2.24, 2.45) is 0 Å². The van der Waals surface area contributed by atoms with Gasteiger partial charge in [0.15, 0.2) is 5.78 Å². The normalized spacial score (nSPS) is 28.0. The number of carbonyl (C=O) groups is 2. The van der Waals surface area contributed by atoms with E-state index in [4.69, 9.17) is 0 Å². The molecule has 1 fully saturated rings. The Bertz CT molecular complexity index is 958. The fourth-order valence-electron chi connectivity index (χ4n) is 4.25. The minimum absolute atomic E-state index is 0.0467. The number of aliphatic hydroxyl groups excluding tert-OH is 3. The van der Waals surface area contributed by atoms with Crippen LogP contribution in [-0.2, 0) is 0 Å². The molecule has 0 unspecified atom stereocenters. The summed E-state index contributed by atoms with van der Waals surface area (Å²) in [5.41, 5.74) is 2.79. The third-order valence-corrected chi connectivity index (χ3v) is 5.87. The van der Waals surface area contributed by atoms with Crippen LogP contribution in [0.5, 0.6) is 0 Å². The predicted molar refractivity (Wildman–Crippen MR) is 107 cm³/mol. The van der Waals surface area contributed by atoms with Gasteiger partial charge in [-0.1, -0.05) is 43.3 Å². The number of aliphatic hydroxyl groups is 3. The number of carbonyl (C=O) groups excluding carboxylic acids is 2. The van der Waals surface area contributed by atoms with Gasteiger partial charge in [0.1, 0.15) is 6.10 Å². The standard InChI is InChI=1S/C22H24N2O5/c1-2-15-19(26)21(28)20(27)16(24-15)10-23-22(29)14-9-5-8-12-11-6-3-4-7-13(11)18(25)17(12)14/h3-9,15-16,19-21,24,26-28H,2,10H2,1H3,(H,23,29)/t15-,16-,19+,20+,21+/m0/s1. The van der Waals surface area contributed by atoms with Crippen LogP contribution in [-0.4, -0.2) is 64.0 Å². The van der Waals surface area contributed by atoms with E-state index in [2.05, 4.69) is 10.6 Å². The number of ketones is 1. The summed E-state index contributed by atoms with van der Waals surface area (Å²) in [5.74, 6) is -0.604. The summed E-state index contributed by atoms with van der Waals surface area (Å²) < 4.78 is 0. The van der Waals surface area contributed by atoms with Crippen LogP contribution in [0.15, 0.2) is 42.5 Å². The first kappa shape index (κ1) is 19.7. The second-order valence-corrected chi connectivity index (χ2v) is 7.57. The third-order valence-electron chi connectivity index (χ3n) is 5.87. The Morgan fingerprint density at radius 1 is 0.931 bits per heavy atom. The van der Waals surface area contributed by atoms with Crippen molar-refractivity contribution >= 4 is 11.7 Å². The summed E-state index contributed by atoms with van der Waals surface area (Å²) in [6.07, 6.45) is -3.02. The van der Waals surface area contributed by atoms with Crippen molar-refractivity contribution in [3.63, 3.8) is 0 Å². The number of piperidine rings is 1. The summed E-state index contributed by atoms with van der Waals surface area (Å²) >= 11 is 0. The van der Waals surface area contributed by atoms with Gasteiger partial charge in [-0.25, -0.2) is 0 Å². The minimum Gasteiger partial charge on any atom is -0.389 e. The zero-order valence-electron chi connectivity index (χ0n) is 16.0. The fraction of sp³-hybridized carbons (Fsp3) is 0.364. The first-order valence-corrected chi connectivity index (χ1v) is 9.79. The van der Waals surface area contributed by atoms with Crippen LogP contribution in [0.2, 0.25) is 0 Å². The van der Waals surface area contributed by atoms with Gasteiger partial charge in [0, 0.05) is 23.7 Å². The Balaban J connectivity index is 1.53. The Kier molecular flexibility index (Phi) is 5.23. The van der Waals surface area contributed by atoms with E-state index in [0.717, 1.165) is 11.1 Å². The molecule has 0 radical (unpaired) electrons. The molecule has 152 valence electrons. The lowest BCUT2D eigenvalue weighted by atomic mass is 9.89. The van der Waals surface area contributed by atoms with E-state index in [0.29, 0.717) is 17.5 Å². The van der Waals surface area contributed by atoms with Crippen molar-refractivity contribution in [3.05, 3.63) is 59.2 Å². The highest BCUT2D eigenvalue weighted by molar-refractivity contribution is 6.25. The van der Waals surface area contributed by atoms with Crippen molar-refractivity contribution in [2.45, 2.75) is 43.7 Å². The van der Waals surface area contributed by atoms with Crippen molar-refractivity contribution in [1.82, 2.24) is 10.6 Å². The van der Waals surface area contributed by atoms with E-state index in [1.54, 1.807) is 24.3 Å². The number of nitrogens with one attached hydrogen (secondary N) is 2. The van der Waals surface area contributed by atoms with E-state index in [9.17, 15) is 24.9 Å². The molecule has 2 aliphatic rings. The molecule has 5 atom stereocenters. The zero-order valence-corrected chi connectivity index (χ0v) is 16.0. The lowest BCUT2D eigenvalue weighted by Crippen LogP contribution is -2.66. The average molecular weight is 396 g/mol. The molecule has 1 saturated heterocycles. The van der Waals surface area contributed by atoms with Gasteiger partial charge in [0.25, 0.3) is 5.91 Å². The second-order valence-electron chi connectivity index (χ2n) is 7.57. The highest BCUT2D eigenvalue weighted by Crippen LogP contribution is 2.38. The highest BCUT2D eigenvalue weighted by atomic mass is 16.4. The monoisotopic (exact) mass is 396 g/mol. The molecule has 5 N–H and O–H groups in total. The molecule has 1 heterocycles. The first-order valence-electron chi connectivity index (χ1n) is 9.79. The molecule has 1 aliphatic heterocycles. The third kappa shape index (κ3) is 3.26. The SMILES string of the molecule is CC[C@@H]1N[C@@H](CNC(=O)c2cccc3c2C(=O)c2ccccc2-3)[C@@H](O)[C@H](O)[C@@H]1O. The summed E-state index contributed by atoms with van der Waals surface area (Å²) in [7, 11) is 0. The Hall–Kier alpha value is -2.58. The van der Waals surface area contributed by atoms with Crippen molar-refractivity contribution in [1.29, 1.82) is 0 Å². The molecule has 0 spiro atoms. The largest absolute Gasteiger partial charge is 0.389 e. The molecular weight excluding hydrogens is 372 g/mol. The average Bonchev–Trinajstić information content (AvgIpc) is 3.04. The van der Waals surface area contributed by atoms with E-state index in [1.807, 2.05) is 25.1 Å². The predicted octanol–water partition coefficient (Wildman–Crippen LogP) is 0.461. The van der Waals surface area contributed by atoms with Crippen LogP contribution in [0, 0.1) is 0 Å². The van der Waals surface area contributed by atoms with Gasteiger partial charge < -0.3 is 26.0 Å². The van der Waals surface area contributed by atoms with Gasteiger partial charge in [-0.05, 0) is 23.6 Å². The maximum absolute atomic E-state index is 12.9. The number of fused-ring (bicyclic) bond motifs is 3. The lowest BCUT2D eigenvalue weighted by molar-refractivity contribution is -0.112. The van der Waals surface area contributed by atoms with Gasteiger partial charge in [-0.3, -0.25) is 9.59 Å². The van der Waals surface area contributed by atoms with Gasteiger partial charge in [0.2, 0.25) is 0 Å². The molecule has 1 aliphatic carbocycles. The van der Waals surface area contributed by atoms with E-state index < -0.39 is 30.3 Å². The van der Waals surface area contributed by atoms with Crippen LogP contribution in [0.3, 0.4) is 0 Å². The molecular formula is C22H24N2O5. The van der Waals surface area contributed by atoms with Gasteiger partial charge in [-0.15, -0.1) is 0 Å². The molecule has 7 nitrogen and oxygen atoms in total. The van der Waals surface area contributed by atoms with Crippen molar-refractivity contribution < 1.29 is 24.9 Å². The topological polar surface area (TPSA) is 119 Å². The molecule has 0 aromatic heterocycles. The van der Waals surface area contributed by atoms with E-state index >= 15 is 0 Å². The second kappa shape index (κ2) is 7.68. The molecule has 0 bridgehead atoms. The molecule has 4 rings (SSSR count). The highest BCUT2D eigenvalue weighted by Gasteiger charge is 2.41. The molecule has 7 heteroatoms. The van der Waals surface area contributed by atoms with Crippen LogP contribution in [0.25, 0.3) is 11.1 Å². The van der Waals surface area contributed by atoms with Gasteiger partial charge in [0.05, 0.1) is 23.8 Å². The number of rotatable bonds is 4. The molecule has 0 saturated carbocycles. The van der Waals surface area contributed by atoms with Crippen LogP contribution in [0.4, 0.5) is 0 Å². The minimum atomic E-state index is -1.29. The van der Waals surface area contributed by atoms with Crippen molar-refractivity contribution in [2.75, 3.05) is 6.54 Å². The summed E-state index contributed by atoms with van der Waals surface area (Å²) in [5, 5.41) is 36.1. The summed E-state index contributed by atoms with van der Waals surface area (Å²) in [6.45, 7) is 1.91. The summed E-state index contributed by atoms with van der Waals surface area (Å²) in [4.78, 5) is 25.7. The quantitative estimate of drug-likeness (QED) is 0.437. The van der Waals surface area contributed by atoms with Crippen molar-refractivity contribution in [3.8, 4) is 11.1 Å². The number of amides is 1. The van der Waals surface area contributed by atoms with Crippen LogP contribution >= 0.6 is 0 Å². The molecule has 2 aromatic rings. The Morgan fingerprint density at radius 2 is 1.59 bits per heavy atom. The summed E-state index contributed by atoms with van der Waals surface area (Å²) in [6, 6.07) is 11.4. The molecule has 2 aromatic carbocycles. The number of hydrogen-bond donors (Lipinski definition) is 5. The Morgan fingerprint density at radius 3 is 2.31 bits per heavy atom. The van der Waals surface area contributed by atoms with E-state index in [-0.39, 0.29) is 23.9 Å². The van der Waals surface area contributed by atoms with Gasteiger partial charge in [-0.2, -0.15) is 0 Å². The van der Waals surface area contributed by atoms with Gasteiger partial charge >= 0.3 is 0 Å². The van der Waals surface area contributed by atoms with Crippen LogP contribution < -0.4 is 10.6 Å². The fourth-order valence-corrected chi connectivity index (χ4v) is 4.25. The Labute approximate surface area is 168 Å². The first-order chi connectivity index (χ1) is 13.9. The zero-order chi connectivity index (χ0) is 20.7. The smallest absolute Gasteiger partial charge is 0.252 e. The number of hydrogen-bond acceptors (Lipinski definition) is 6. The molecule has 1 amide bonds. The lowest BCUT2D eigenvalue weighted by Gasteiger charge is -2.41. The van der Waals surface area contributed by atoms with E-state index in [1.165, 1.54) is 0 Å². The molecule has 29 heavy (non-hydrogen) atoms. The van der Waals surface area contributed by atoms with Crippen LogP contribution in [0.1, 0.15) is 39.6 Å². The maximum Gasteiger partial charge on any atom is 0.252 e. The maximum atomic E-state index is 12.9.